The van der Waals surface area contributed by atoms with Crippen molar-refractivity contribution < 1.29 is 23.8 Å². The van der Waals surface area contributed by atoms with Crippen molar-refractivity contribution in [2.75, 3.05) is 14.2 Å². The molecule has 0 radical (unpaired) electrons. The first-order chi connectivity index (χ1) is 13.5. The monoisotopic (exact) mass is 378 g/mol. The van der Waals surface area contributed by atoms with Gasteiger partial charge in [0.2, 0.25) is 0 Å². The molecule has 28 heavy (non-hydrogen) atoms. The summed E-state index contributed by atoms with van der Waals surface area (Å²) in [5.74, 6) is -0.662. The summed E-state index contributed by atoms with van der Waals surface area (Å²) in [5.41, 5.74) is 4.26. The van der Waals surface area contributed by atoms with Crippen molar-refractivity contribution in [2.45, 2.75) is 0 Å². The summed E-state index contributed by atoms with van der Waals surface area (Å²) in [5, 5.41) is 14.6. The van der Waals surface area contributed by atoms with Gasteiger partial charge in [0, 0.05) is 29.8 Å². The lowest BCUT2D eigenvalue weighted by Gasteiger charge is -2.12. The standard InChI is InChI=1S/C21H18N2O5/c1-23-10-14(9-22-23)12-4-5-15-16(11-28-17(15)6-12)13-7-18(26-2)20(21(24)25)19(8-13)27-3/h4-11H,1-3H3,(H,24,25). The van der Waals surface area contributed by atoms with Gasteiger partial charge in [-0.3, -0.25) is 4.68 Å². The number of ether oxygens (including phenoxy) is 2. The van der Waals surface area contributed by atoms with Crippen LogP contribution >= 0.6 is 0 Å². The average Bonchev–Trinajstić information content (AvgIpc) is 3.32. The molecule has 0 bridgehead atoms. The second-order valence-electron chi connectivity index (χ2n) is 6.32. The maximum Gasteiger partial charge on any atom is 0.343 e. The van der Waals surface area contributed by atoms with E-state index in [9.17, 15) is 9.90 Å². The van der Waals surface area contributed by atoms with Gasteiger partial charge in [0.05, 0.1) is 26.7 Å². The third kappa shape index (κ3) is 2.87. The predicted molar refractivity (Wildman–Crippen MR) is 104 cm³/mol. The molecular weight excluding hydrogens is 360 g/mol. The van der Waals surface area contributed by atoms with Gasteiger partial charge in [-0.25, -0.2) is 4.79 Å². The van der Waals surface area contributed by atoms with Crippen molar-refractivity contribution in [3.63, 3.8) is 0 Å². The second-order valence-corrected chi connectivity index (χ2v) is 6.32. The molecule has 0 spiro atoms. The quantitative estimate of drug-likeness (QED) is 0.560. The van der Waals surface area contributed by atoms with Crippen LogP contribution < -0.4 is 9.47 Å². The summed E-state index contributed by atoms with van der Waals surface area (Å²) in [7, 11) is 4.73. The Hall–Kier alpha value is -3.74. The van der Waals surface area contributed by atoms with Crippen LogP contribution in [0, 0.1) is 0 Å². The molecular formula is C21H18N2O5. The van der Waals surface area contributed by atoms with Crippen molar-refractivity contribution >= 4 is 16.9 Å². The van der Waals surface area contributed by atoms with Gasteiger partial charge in [-0.15, -0.1) is 0 Å². The van der Waals surface area contributed by atoms with E-state index in [-0.39, 0.29) is 17.1 Å². The van der Waals surface area contributed by atoms with E-state index >= 15 is 0 Å². The fourth-order valence-electron chi connectivity index (χ4n) is 3.28. The van der Waals surface area contributed by atoms with E-state index < -0.39 is 5.97 Å². The normalized spacial score (nSPS) is 11.0. The van der Waals surface area contributed by atoms with Crippen LogP contribution in [0.2, 0.25) is 0 Å². The minimum atomic E-state index is -1.11. The van der Waals surface area contributed by atoms with Crippen LogP contribution in [0.5, 0.6) is 11.5 Å². The van der Waals surface area contributed by atoms with Crippen LogP contribution in [-0.2, 0) is 7.05 Å². The first kappa shape index (κ1) is 17.7. The Bertz CT molecular complexity index is 1160. The number of carbonyl (C=O) groups is 1. The van der Waals surface area contributed by atoms with Gasteiger partial charge in [-0.1, -0.05) is 6.07 Å². The molecule has 0 aliphatic carbocycles. The van der Waals surface area contributed by atoms with Crippen LogP contribution in [0.4, 0.5) is 0 Å². The predicted octanol–water partition coefficient (Wildman–Crippen LogP) is 4.22. The van der Waals surface area contributed by atoms with E-state index in [0.29, 0.717) is 0 Å². The van der Waals surface area contributed by atoms with Crippen LogP contribution in [0.15, 0.2) is 53.4 Å². The Labute approximate surface area is 160 Å². The number of furan rings is 1. The summed E-state index contributed by atoms with van der Waals surface area (Å²) in [6.07, 6.45) is 5.38. The highest BCUT2D eigenvalue weighted by atomic mass is 16.5. The number of nitrogens with zero attached hydrogens (tertiary/aromatic N) is 2. The molecule has 0 amide bonds. The Kier molecular flexibility index (Phi) is 4.27. The van der Waals surface area contributed by atoms with E-state index in [1.807, 2.05) is 31.4 Å². The third-order valence-electron chi connectivity index (χ3n) is 4.64. The van der Waals surface area contributed by atoms with E-state index in [4.69, 9.17) is 13.9 Å². The van der Waals surface area contributed by atoms with E-state index in [0.717, 1.165) is 33.2 Å². The third-order valence-corrected chi connectivity index (χ3v) is 4.64. The Balaban J connectivity index is 1.84. The van der Waals surface area contributed by atoms with Gasteiger partial charge < -0.3 is 19.0 Å². The second kappa shape index (κ2) is 6.77. The van der Waals surface area contributed by atoms with Gasteiger partial charge in [0.1, 0.15) is 22.6 Å². The average molecular weight is 378 g/mol. The van der Waals surface area contributed by atoms with Crippen LogP contribution in [0.1, 0.15) is 10.4 Å². The summed E-state index contributed by atoms with van der Waals surface area (Å²) in [4.78, 5) is 11.6. The maximum absolute atomic E-state index is 11.6. The van der Waals surface area contributed by atoms with Gasteiger partial charge in [0.15, 0.2) is 0 Å². The Morgan fingerprint density at radius 3 is 2.36 bits per heavy atom. The molecule has 0 aliphatic heterocycles. The molecule has 2 aromatic heterocycles. The topological polar surface area (TPSA) is 86.7 Å². The molecule has 7 heteroatoms. The Morgan fingerprint density at radius 1 is 1.07 bits per heavy atom. The molecule has 4 aromatic rings. The first-order valence-corrected chi connectivity index (χ1v) is 8.51. The largest absolute Gasteiger partial charge is 0.496 e. The summed E-state index contributed by atoms with van der Waals surface area (Å²) >= 11 is 0. The lowest BCUT2D eigenvalue weighted by atomic mass is 10.00. The minimum Gasteiger partial charge on any atom is -0.496 e. The number of methoxy groups -OCH3 is 2. The van der Waals surface area contributed by atoms with Crippen LogP contribution in [0.3, 0.4) is 0 Å². The van der Waals surface area contributed by atoms with Gasteiger partial charge in [-0.2, -0.15) is 5.10 Å². The number of hydrogen-bond acceptors (Lipinski definition) is 5. The highest BCUT2D eigenvalue weighted by molar-refractivity contribution is 5.99. The summed E-state index contributed by atoms with van der Waals surface area (Å²) < 4.78 is 18.1. The molecule has 4 rings (SSSR count). The molecule has 0 fully saturated rings. The summed E-state index contributed by atoms with van der Waals surface area (Å²) in [6, 6.07) is 9.27. The number of hydrogen-bond donors (Lipinski definition) is 1. The zero-order valence-electron chi connectivity index (χ0n) is 15.6. The lowest BCUT2D eigenvalue weighted by molar-refractivity contribution is 0.0689. The molecule has 0 atom stereocenters. The number of carboxylic acid groups (broad SMARTS) is 1. The van der Waals surface area contributed by atoms with Gasteiger partial charge >= 0.3 is 5.97 Å². The minimum absolute atomic E-state index is 0.0135. The molecule has 0 saturated carbocycles. The number of aromatic nitrogens is 2. The van der Waals surface area contributed by atoms with Gasteiger partial charge in [0.25, 0.3) is 0 Å². The molecule has 142 valence electrons. The molecule has 1 N–H and O–H groups in total. The molecule has 7 nitrogen and oxygen atoms in total. The summed E-state index contributed by atoms with van der Waals surface area (Å²) in [6.45, 7) is 0. The smallest absolute Gasteiger partial charge is 0.343 e. The highest BCUT2D eigenvalue weighted by Gasteiger charge is 2.21. The molecule has 0 saturated heterocycles. The first-order valence-electron chi connectivity index (χ1n) is 8.51. The molecule has 0 aliphatic rings. The van der Waals surface area contributed by atoms with Gasteiger partial charge in [-0.05, 0) is 35.4 Å². The van der Waals surface area contributed by atoms with Crippen LogP contribution in [-0.4, -0.2) is 35.1 Å². The van der Waals surface area contributed by atoms with Crippen molar-refractivity contribution in [2.24, 2.45) is 7.05 Å². The number of carboxylic acids is 1. The number of benzene rings is 2. The van der Waals surface area contributed by atoms with E-state index in [2.05, 4.69) is 5.10 Å². The number of aromatic carboxylic acids is 1. The van der Waals surface area contributed by atoms with Crippen molar-refractivity contribution in [3.8, 4) is 33.8 Å². The fraction of sp³-hybridized carbons (Fsp3) is 0.143. The number of aryl methyl sites for hydroxylation is 1. The zero-order chi connectivity index (χ0) is 19.8. The SMILES string of the molecule is COc1cc(-c2coc3cc(-c4cnn(C)c4)ccc23)cc(OC)c1C(=O)O. The van der Waals surface area contributed by atoms with Crippen molar-refractivity contribution in [3.05, 3.63) is 54.6 Å². The number of rotatable bonds is 5. The lowest BCUT2D eigenvalue weighted by Crippen LogP contribution is -2.04. The van der Waals surface area contributed by atoms with Crippen molar-refractivity contribution in [1.82, 2.24) is 9.78 Å². The van der Waals surface area contributed by atoms with E-state index in [1.54, 1.807) is 29.3 Å². The zero-order valence-corrected chi connectivity index (χ0v) is 15.6. The van der Waals surface area contributed by atoms with Crippen LogP contribution in [0.25, 0.3) is 33.2 Å². The van der Waals surface area contributed by atoms with Crippen molar-refractivity contribution in [1.29, 1.82) is 0 Å². The maximum atomic E-state index is 11.6. The molecule has 2 aromatic carbocycles. The molecule has 2 heterocycles. The van der Waals surface area contributed by atoms with E-state index in [1.165, 1.54) is 14.2 Å². The number of fused-ring (bicyclic) bond motifs is 1. The Morgan fingerprint density at radius 2 is 1.79 bits per heavy atom. The fourth-order valence-corrected chi connectivity index (χ4v) is 3.28. The highest BCUT2D eigenvalue weighted by Crippen LogP contribution is 2.39. The molecule has 0 unspecified atom stereocenters.